The number of aromatic nitrogens is 2. The van der Waals surface area contributed by atoms with E-state index in [1.807, 2.05) is 47.1 Å². The topological polar surface area (TPSA) is 121 Å². The number of nitrogens with two attached hydrogens (primary N) is 1. The van der Waals surface area contributed by atoms with Crippen molar-refractivity contribution < 1.29 is 4.79 Å². The molecule has 4 N–H and O–H groups in total. The first-order valence-electron chi connectivity index (χ1n) is 12.9. The lowest BCUT2D eigenvalue weighted by molar-refractivity contribution is -0.117. The van der Waals surface area contributed by atoms with Crippen LogP contribution in [-0.4, -0.2) is 27.2 Å². The lowest BCUT2D eigenvalue weighted by Crippen LogP contribution is -2.25. The number of aliphatic imine (C=N–C) groups is 1. The Morgan fingerprint density at radius 1 is 0.946 bits per heavy atom. The van der Waals surface area contributed by atoms with Crippen LogP contribution in [0.15, 0.2) is 77.8 Å². The Bertz CT molecular complexity index is 1370. The van der Waals surface area contributed by atoms with Crippen molar-refractivity contribution in [3.63, 3.8) is 0 Å². The van der Waals surface area contributed by atoms with E-state index < -0.39 is 0 Å². The molecule has 0 saturated heterocycles. The molecule has 0 unspecified atom stereocenters. The fourth-order valence-electron chi connectivity index (χ4n) is 4.56. The highest BCUT2D eigenvalue weighted by Crippen LogP contribution is 2.30. The summed E-state index contributed by atoms with van der Waals surface area (Å²) in [7, 11) is 0. The second-order valence-corrected chi connectivity index (χ2v) is 9.34. The maximum atomic E-state index is 12.1. The van der Waals surface area contributed by atoms with Crippen LogP contribution >= 0.6 is 0 Å². The van der Waals surface area contributed by atoms with Gasteiger partial charge in [0.25, 0.3) is 0 Å². The quantitative estimate of drug-likeness (QED) is 0.198. The normalized spacial score (nSPS) is 12.8. The molecule has 0 atom stereocenters. The van der Waals surface area contributed by atoms with E-state index in [4.69, 9.17) is 21.7 Å². The molecule has 1 aliphatic rings. The minimum absolute atomic E-state index is 0.120. The zero-order chi connectivity index (χ0) is 26.0. The number of amides is 1. The number of amidine groups is 1. The molecule has 3 aromatic rings. The highest BCUT2D eigenvalue weighted by atomic mass is 16.1. The molecule has 1 aromatic heterocycles. The average Bonchev–Trinajstić information content (AvgIpc) is 2.91. The highest BCUT2D eigenvalue weighted by molar-refractivity contribution is 6.10. The van der Waals surface area contributed by atoms with E-state index in [9.17, 15) is 4.79 Å². The molecule has 0 spiro atoms. The monoisotopic (exact) mass is 494 g/mol. The summed E-state index contributed by atoms with van der Waals surface area (Å²) in [5.74, 6) is -0.115. The van der Waals surface area contributed by atoms with Crippen LogP contribution in [0.3, 0.4) is 0 Å². The number of carbonyl (C=O) groups is 1. The summed E-state index contributed by atoms with van der Waals surface area (Å²) in [6, 6.07) is 19.7. The summed E-state index contributed by atoms with van der Waals surface area (Å²) in [5, 5.41) is 21.2. The lowest BCUT2D eigenvalue weighted by atomic mass is 9.89. The molecule has 0 aliphatic heterocycles. The number of hydrogen-bond donors (Lipinski definition) is 3. The Labute approximate surface area is 217 Å². The van der Waals surface area contributed by atoms with E-state index in [2.05, 4.69) is 23.2 Å². The fraction of sp³-hybridized carbons (Fsp3) is 0.300. The van der Waals surface area contributed by atoms with Gasteiger partial charge in [0.2, 0.25) is 5.91 Å². The fourth-order valence-corrected chi connectivity index (χ4v) is 4.56. The van der Waals surface area contributed by atoms with Gasteiger partial charge in [0.15, 0.2) is 0 Å². The van der Waals surface area contributed by atoms with E-state index in [0.717, 1.165) is 68.3 Å². The van der Waals surface area contributed by atoms with Crippen LogP contribution in [0, 0.1) is 10.8 Å². The van der Waals surface area contributed by atoms with E-state index >= 15 is 0 Å². The Kier molecular flexibility index (Phi) is 8.92. The van der Waals surface area contributed by atoms with Crippen molar-refractivity contribution >= 4 is 17.5 Å². The van der Waals surface area contributed by atoms with Gasteiger partial charge in [-0.25, -0.2) is 4.68 Å². The van der Waals surface area contributed by atoms with Gasteiger partial charge in [0.1, 0.15) is 11.3 Å². The van der Waals surface area contributed by atoms with Crippen molar-refractivity contribution in [2.24, 2.45) is 10.7 Å². The van der Waals surface area contributed by atoms with Gasteiger partial charge in [0.05, 0.1) is 11.4 Å². The largest absolute Gasteiger partial charge is 0.384 e. The van der Waals surface area contributed by atoms with Crippen LogP contribution in [0.4, 0.5) is 0 Å². The third-order valence-corrected chi connectivity index (χ3v) is 6.57. The second-order valence-electron chi connectivity index (χ2n) is 9.34. The Morgan fingerprint density at radius 3 is 2.49 bits per heavy atom. The molecule has 4 rings (SSSR count). The first-order valence-corrected chi connectivity index (χ1v) is 12.9. The van der Waals surface area contributed by atoms with E-state index in [1.165, 1.54) is 17.2 Å². The molecular formula is C30H34N6O. The summed E-state index contributed by atoms with van der Waals surface area (Å²) in [5.41, 5.74) is 12.1. The first kappa shape index (κ1) is 25.9. The zero-order valence-electron chi connectivity index (χ0n) is 21.1. The van der Waals surface area contributed by atoms with Crippen molar-refractivity contribution in [2.45, 2.75) is 57.9 Å². The number of unbranched alkanes of at least 4 members (excludes halogenated alkanes) is 4. The van der Waals surface area contributed by atoms with E-state index in [-0.39, 0.29) is 11.7 Å². The molecule has 0 fully saturated rings. The van der Waals surface area contributed by atoms with Crippen LogP contribution in [-0.2, 0) is 24.2 Å². The summed E-state index contributed by atoms with van der Waals surface area (Å²) in [6.07, 6.45) is 10.1. The van der Waals surface area contributed by atoms with Crippen molar-refractivity contribution in [1.82, 2.24) is 9.78 Å². The SMILES string of the molecule is N=C(/C=C\C(N)=NC(=O)CCCCCCCn1nc2c(cc1=N)CCc1ccccc1-2)c1ccccc1. The van der Waals surface area contributed by atoms with E-state index in [1.54, 1.807) is 6.08 Å². The summed E-state index contributed by atoms with van der Waals surface area (Å²) in [6.45, 7) is 0.721. The Balaban J connectivity index is 1.16. The highest BCUT2D eigenvalue weighted by Gasteiger charge is 2.18. The van der Waals surface area contributed by atoms with Gasteiger partial charge in [-0.3, -0.25) is 10.2 Å². The Morgan fingerprint density at radius 2 is 1.65 bits per heavy atom. The van der Waals surface area contributed by atoms with E-state index in [0.29, 0.717) is 17.6 Å². The third kappa shape index (κ3) is 7.19. The minimum Gasteiger partial charge on any atom is -0.384 e. The van der Waals surface area contributed by atoms with Crippen LogP contribution < -0.4 is 11.2 Å². The molecule has 1 heterocycles. The number of fused-ring (bicyclic) bond motifs is 3. The maximum absolute atomic E-state index is 12.1. The molecule has 1 aliphatic carbocycles. The number of nitrogens with one attached hydrogen (secondary N) is 2. The molecule has 7 nitrogen and oxygen atoms in total. The van der Waals surface area contributed by atoms with Gasteiger partial charge < -0.3 is 11.1 Å². The molecule has 1 amide bonds. The zero-order valence-corrected chi connectivity index (χ0v) is 21.1. The van der Waals surface area contributed by atoms with Crippen LogP contribution in [0.2, 0.25) is 0 Å². The second kappa shape index (κ2) is 12.7. The van der Waals surface area contributed by atoms with Gasteiger partial charge in [-0.1, -0.05) is 73.9 Å². The third-order valence-electron chi connectivity index (χ3n) is 6.57. The van der Waals surface area contributed by atoms with Gasteiger partial charge in [-0.2, -0.15) is 10.1 Å². The summed E-state index contributed by atoms with van der Waals surface area (Å²) >= 11 is 0. The number of allylic oxidation sites excluding steroid dienone is 1. The maximum Gasteiger partial charge on any atom is 0.247 e. The molecule has 0 bridgehead atoms. The lowest BCUT2D eigenvalue weighted by Gasteiger charge is -2.20. The standard InChI is InChI=1S/C30H34N6O/c31-26(23-12-5-4-6-13-23)18-19-27(32)34-29(37)15-7-2-1-3-10-20-36-28(33)21-24-17-16-22-11-8-9-14-25(22)30(24)35-36/h4-6,8-9,11-14,18-19,21,31,33H,1-3,7,10,15-17,20H2,(H2,32,34,37)/b19-18-,31-26?,33-28?. The van der Waals surface area contributed by atoms with Crippen molar-refractivity contribution in [3.8, 4) is 11.3 Å². The molecule has 2 aromatic carbocycles. The molecule has 0 saturated carbocycles. The average molecular weight is 495 g/mol. The minimum atomic E-state index is -0.235. The molecule has 7 heteroatoms. The molecule has 37 heavy (non-hydrogen) atoms. The van der Waals surface area contributed by atoms with Crippen molar-refractivity contribution in [3.05, 3.63) is 95.0 Å². The van der Waals surface area contributed by atoms with Gasteiger partial charge in [0, 0.05) is 18.5 Å². The predicted molar refractivity (Wildman–Crippen MR) is 148 cm³/mol. The number of carbonyl (C=O) groups excluding carboxylic acids is 1. The van der Waals surface area contributed by atoms with Crippen molar-refractivity contribution in [1.29, 1.82) is 10.8 Å². The van der Waals surface area contributed by atoms with Gasteiger partial charge in [-0.15, -0.1) is 0 Å². The van der Waals surface area contributed by atoms with Crippen LogP contribution in [0.5, 0.6) is 0 Å². The number of benzene rings is 2. The van der Waals surface area contributed by atoms with Gasteiger partial charge >= 0.3 is 0 Å². The number of aryl methyl sites for hydroxylation is 3. The molecular weight excluding hydrogens is 460 g/mol. The number of nitrogens with zero attached hydrogens (tertiary/aromatic N) is 3. The molecule has 190 valence electrons. The number of rotatable bonds is 11. The van der Waals surface area contributed by atoms with Crippen molar-refractivity contribution in [2.75, 3.05) is 0 Å². The smallest absolute Gasteiger partial charge is 0.247 e. The Hall–Kier alpha value is -4.13. The van der Waals surface area contributed by atoms with Crippen LogP contribution in [0.1, 0.15) is 55.2 Å². The van der Waals surface area contributed by atoms with Gasteiger partial charge in [-0.05, 0) is 60.6 Å². The summed E-state index contributed by atoms with van der Waals surface area (Å²) < 4.78 is 1.81. The predicted octanol–water partition coefficient (Wildman–Crippen LogP) is 4.98. The summed E-state index contributed by atoms with van der Waals surface area (Å²) in [4.78, 5) is 16.0. The molecule has 0 radical (unpaired) electrons. The first-order chi connectivity index (χ1) is 18.0. The number of hydrogen-bond acceptors (Lipinski definition) is 4. The van der Waals surface area contributed by atoms with Crippen LogP contribution in [0.25, 0.3) is 11.3 Å².